The molecule has 0 bridgehead atoms. The summed E-state index contributed by atoms with van der Waals surface area (Å²) in [4.78, 5) is 23.0. The van der Waals surface area contributed by atoms with Gasteiger partial charge in [0.05, 0.1) is 13.1 Å². The van der Waals surface area contributed by atoms with Gasteiger partial charge in [-0.05, 0) is 6.42 Å². The van der Waals surface area contributed by atoms with Gasteiger partial charge < -0.3 is 16.5 Å². The van der Waals surface area contributed by atoms with E-state index in [-0.39, 0.29) is 51.1 Å². The van der Waals surface area contributed by atoms with Crippen LogP contribution < -0.4 is 0 Å². The molecule has 1 heterocycles. The van der Waals surface area contributed by atoms with Crippen molar-refractivity contribution in [3.8, 4) is 0 Å². The van der Waals surface area contributed by atoms with E-state index in [4.69, 9.17) is 4.74 Å². The molecule has 1 radical (unpaired) electrons. The van der Waals surface area contributed by atoms with Crippen molar-refractivity contribution < 1.29 is 47.0 Å². The van der Waals surface area contributed by atoms with E-state index in [2.05, 4.69) is 6.92 Å². The van der Waals surface area contributed by atoms with E-state index in [1.807, 2.05) is 6.92 Å². The number of carbonyl (C=O) groups is 2. The zero-order chi connectivity index (χ0) is 9.14. The van der Waals surface area contributed by atoms with E-state index >= 15 is 0 Å². The van der Waals surface area contributed by atoms with Gasteiger partial charge in [0.15, 0.2) is 0 Å². The van der Waals surface area contributed by atoms with Crippen LogP contribution in [0.3, 0.4) is 0 Å². The Hall–Kier alpha value is -0.0861. The number of carbonyl (C=O) groups excluding carboxylic acids is 2. The van der Waals surface area contributed by atoms with Crippen LogP contribution in [0, 0.1) is 6.92 Å². The van der Waals surface area contributed by atoms with Gasteiger partial charge in [-0.3, -0.25) is 4.90 Å². The fourth-order valence-corrected chi connectivity index (χ4v) is 1.13. The topological polar surface area (TPSA) is 46.6 Å². The van der Waals surface area contributed by atoms with Crippen molar-refractivity contribution in [2.24, 2.45) is 0 Å². The summed E-state index contributed by atoms with van der Waals surface area (Å²) in [6.45, 7) is 5.71. The number of amides is 1. The maximum Gasteiger partial charge on any atom is 0.410 e. The number of nitrogens with zero attached hydrogens (tertiary/aromatic N) is 1. The molecule has 0 N–H and O–H groups in total. The molecule has 1 atom stereocenters. The standard InChI is InChI=1S/C8H12NO3.Y/c1-3-7-5-9(4-6(2)10)8(11)12-7;/h7H,2-5H2,1H3;/q-1;. The third-order valence-corrected chi connectivity index (χ3v) is 1.77. The molecule has 0 aromatic rings. The minimum atomic E-state index is -0.404. The number of cyclic esters (lactones) is 1. The van der Waals surface area contributed by atoms with Gasteiger partial charge in [-0.2, -0.15) is 0 Å². The molecule has 1 fully saturated rings. The van der Waals surface area contributed by atoms with E-state index in [1.165, 1.54) is 4.90 Å². The molecule has 1 unspecified atom stereocenters. The Morgan fingerprint density at radius 2 is 2.38 bits per heavy atom. The molecule has 1 amide bonds. The molecule has 0 spiro atoms. The van der Waals surface area contributed by atoms with Gasteiger partial charge in [0.1, 0.15) is 6.10 Å². The second kappa shape index (κ2) is 5.60. The van der Waals surface area contributed by atoms with Crippen molar-refractivity contribution in [3.05, 3.63) is 6.92 Å². The zero-order valence-electron chi connectivity index (χ0n) is 7.66. The van der Waals surface area contributed by atoms with E-state index < -0.39 is 6.09 Å². The van der Waals surface area contributed by atoms with Gasteiger partial charge in [-0.25, -0.2) is 4.79 Å². The first-order valence-electron chi connectivity index (χ1n) is 3.93. The molecule has 1 aliphatic rings. The first-order valence-corrected chi connectivity index (χ1v) is 3.93. The molecule has 1 aliphatic heterocycles. The molecule has 0 saturated carbocycles. The Morgan fingerprint density at radius 1 is 1.77 bits per heavy atom. The quantitative estimate of drug-likeness (QED) is 0.698. The Kier molecular flexibility index (Phi) is 5.57. The maximum atomic E-state index is 11.0. The van der Waals surface area contributed by atoms with Crippen LogP contribution in [-0.4, -0.2) is 36.0 Å². The number of ketones is 1. The molecule has 1 saturated heterocycles. The van der Waals surface area contributed by atoms with Crippen LogP contribution in [-0.2, 0) is 42.2 Å². The predicted octanol–water partition coefficient (Wildman–Crippen LogP) is 0.618. The van der Waals surface area contributed by atoms with Crippen LogP contribution in [0.1, 0.15) is 13.3 Å². The molecule has 5 heteroatoms. The summed E-state index contributed by atoms with van der Waals surface area (Å²) in [5, 5.41) is 0. The molecule has 71 valence electrons. The second-order valence-electron chi connectivity index (χ2n) is 2.83. The van der Waals surface area contributed by atoms with Crippen LogP contribution in [0.25, 0.3) is 0 Å². The van der Waals surface area contributed by atoms with Crippen LogP contribution >= 0.6 is 0 Å². The van der Waals surface area contributed by atoms with Gasteiger partial charge in [-0.1, -0.05) is 6.92 Å². The summed E-state index contributed by atoms with van der Waals surface area (Å²) >= 11 is 0. The molecule has 1 rings (SSSR count). The largest absolute Gasteiger partial charge is 0.444 e. The van der Waals surface area contributed by atoms with Crippen LogP contribution in [0.4, 0.5) is 4.79 Å². The van der Waals surface area contributed by atoms with Crippen LogP contribution in [0.15, 0.2) is 0 Å². The summed E-state index contributed by atoms with van der Waals surface area (Å²) in [6, 6.07) is 0. The van der Waals surface area contributed by atoms with Gasteiger partial charge in [0.2, 0.25) is 0 Å². The Balaban J connectivity index is 0.00000144. The Morgan fingerprint density at radius 3 is 2.77 bits per heavy atom. The summed E-state index contributed by atoms with van der Waals surface area (Å²) in [5.41, 5.74) is 0. The molecule has 4 nitrogen and oxygen atoms in total. The van der Waals surface area contributed by atoms with E-state index in [0.29, 0.717) is 6.54 Å². The van der Waals surface area contributed by atoms with Crippen molar-refractivity contribution >= 4 is 11.9 Å². The monoisotopic (exact) mass is 259 g/mol. The minimum absolute atomic E-state index is 0. The van der Waals surface area contributed by atoms with E-state index in [1.54, 1.807) is 0 Å². The fourth-order valence-electron chi connectivity index (χ4n) is 1.13. The van der Waals surface area contributed by atoms with Gasteiger partial charge in [0.25, 0.3) is 0 Å². The molecule has 0 aromatic heterocycles. The van der Waals surface area contributed by atoms with Gasteiger partial charge in [0, 0.05) is 38.5 Å². The molecule has 0 aromatic carbocycles. The maximum absolute atomic E-state index is 11.0. The first-order chi connectivity index (χ1) is 5.63. The summed E-state index contributed by atoms with van der Waals surface area (Å²) < 4.78 is 4.93. The number of hydrogen-bond acceptors (Lipinski definition) is 3. The Bertz CT molecular complexity index is 208. The van der Waals surface area contributed by atoms with Crippen molar-refractivity contribution in [1.82, 2.24) is 4.90 Å². The van der Waals surface area contributed by atoms with Crippen LogP contribution in [0.2, 0.25) is 0 Å². The average Bonchev–Trinajstić information content (AvgIpc) is 2.31. The summed E-state index contributed by atoms with van der Waals surface area (Å²) in [5.74, 6) is -0.260. The third-order valence-electron chi connectivity index (χ3n) is 1.77. The normalized spacial score (nSPS) is 20.8. The SMILES string of the molecule is [CH2-]C(=O)CN1CC(CC)OC1=O.[Y]. The Labute approximate surface area is 103 Å². The predicted molar refractivity (Wildman–Crippen MR) is 42.5 cm³/mol. The van der Waals surface area contributed by atoms with E-state index in [9.17, 15) is 9.59 Å². The molecular formula is C8H12NO3Y-. The van der Waals surface area contributed by atoms with Crippen LogP contribution in [0.5, 0.6) is 0 Å². The summed E-state index contributed by atoms with van der Waals surface area (Å²) in [6.07, 6.45) is 0.323. The average molecular weight is 259 g/mol. The van der Waals surface area contributed by atoms with Crippen molar-refractivity contribution in [2.75, 3.05) is 13.1 Å². The number of ether oxygens (including phenoxy) is 1. The second-order valence-corrected chi connectivity index (χ2v) is 2.83. The number of hydrogen-bond donors (Lipinski definition) is 0. The van der Waals surface area contributed by atoms with Gasteiger partial charge >= 0.3 is 6.09 Å². The number of Topliss-reactive ketones (excluding diaryl/α,β-unsaturated/α-hetero) is 1. The summed E-state index contributed by atoms with van der Waals surface area (Å²) in [7, 11) is 0. The third kappa shape index (κ3) is 3.65. The fraction of sp³-hybridized carbons (Fsp3) is 0.625. The van der Waals surface area contributed by atoms with Crippen molar-refractivity contribution in [1.29, 1.82) is 0 Å². The van der Waals surface area contributed by atoms with E-state index in [0.717, 1.165) is 6.42 Å². The zero-order valence-corrected chi connectivity index (χ0v) is 10.5. The molecule has 13 heavy (non-hydrogen) atoms. The minimum Gasteiger partial charge on any atom is -0.444 e. The van der Waals surface area contributed by atoms with Gasteiger partial charge in [-0.15, -0.1) is 0 Å². The molecule has 0 aliphatic carbocycles. The van der Waals surface area contributed by atoms with Crippen molar-refractivity contribution in [2.45, 2.75) is 19.4 Å². The first kappa shape index (κ1) is 12.9. The molecular weight excluding hydrogens is 247 g/mol. The smallest absolute Gasteiger partial charge is 0.410 e. The number of rotatable bonds is 3. The van der Waals surface area contributed by atoms with Crippen molar-refractivity contribution in [3.63, 3.8) is 0 Å².